The van der Waals surface area contributed by atoms with E-state index in [1.165, 1.54) is 12.1 Å². The summed E-state index contributed by atoms with van der Waals surface area (Å²) in [6, 6.07) is 23.2. The Balaban J connectivity index is 1.36. The highest BCUT2D eigenvalue weighted by Crippen LogP contribution is 2.22. The van der Waals surface area contributed by atoms with Crippen LogP contribution in [0.4, 0.5) is 22.7 Å². The second kappa shape index (κ2) is 11.3. The van der Waals surface area contributed by atoms with Crippen molar-refractivity contribution in [2.45, 2.75) is 20.3 Å². The molecule has 0 aliphatic heterocycles. The van der Waals surface area contributed by atoms with Crippen molar-refractivity contribution < 1.29 is 19.4 Å². The monoisotopic (exact) mass is 524 g/mol. The van der Waals surface area contributed by atoms with Gasteiger partial charge in [0.25, 0.3) is 23.2 Å². The number of benzene rings is 4. The number of aryl methyl sites for hydroxylation is 2. The second-order valence-electron chi connectivity index (χ2n) is 9.00. The Morgan fingerprint density at radius 1 is 0.615 bits per heavy atom. The van der Waals surface area contributed by atoms with Crippen LogP contribution in [-0.2, 0) is 6.42 Å². The number of carbonyl (C=O) groups excluding carboxylic acids is 2. The number of hydrogen-bond donors (Lipinski definition) is 2. The summed E-state index contributed by atoms with van der Waals surface area (Å²) in [6.07, 6.45) is 0.608. The molecule has 0 aromatic heterocycles. The maximum Gasteiger partial charge on any atom is 0.273 e. The first-order chi connectivity index (χ1) is 18.6. The molecule has 0 fully saturated rings. The molecule has 4 aromatic carbocycles. The number of nitro groups is 2. The molecule has 0 heterocycles. The van der Waals surface area contributed by atoms with Crippen LogP contribution in [0.25, 0.3) is 0 Å². The number of nitro benzene ring substituents is 2. The molecule has 0 bridgehead atoms. The fraction of sp³-hybridized carbons (Fsp3) is 0.103. The lowest BCUT2D eigenvalue weighted by atomic mass is 10.0. The molecule has 0 unspecified atom stereocenters. The summed E-state index contributed by atoms with van der Waals surface area (Å²) in [6.45, 7) is 3.23. The summed E-state index contributed by atoms with van der Waals surface area (Å²) in [5.74, 6) is -0.882. The van der Waals surface area contributed by atoms with Gasteiger partial charge < -0.3 is 10.6 Å². The van der Waals surface area contributed by atoms with Crippen molar-refractivity contribution in [2.24, 2.45) is 0 Å². The molecular weight excluding hydrogens is 500 g/mol. The molecule has 4 aromatic rings. The van der Waals surface area contributed by atoms with Gasteiger partial charge in [-0.15, -0.1) is 0 Å². The third kappa shape index (κ3) is 6.50. The van der Waals surface area contributed by atoms with E-state index in [0.29, 0.717) is 28.9 Å². The van der Waals surface area contributed by atoms with E-state index in [1.54, 1.807) is 62.4 Å². The molecule has 10 heteroatoms. The lowest BCUT2D eigenvalue weighted by Gasteiger charge is -2.09. The molecule has 2 amide bonds. The van der Waals surface area contributed by atoms with Gasteiger partial charge in [0.15, 0.2) is 0 Å². The predicted octanol–water partition coefficient (Wildman–Crippen LogP) is 6.22. The number of hydrogen-bond acceptors (Lipinski definition) is 6. The van der Waals surface area contributed by atoms with Gasteiger partial charge in [0.05, 0.1) is 9.85 Å². The lowest BCUT2D eigenvalue weighted by molar-refractivity contribution is -0.385. The van der Waals surface area contributed by atoms with Crippen LogP contribution < -0.4 is 10.6 Å². The molecule has 0 atom stereocenters. The van der Waals surface area contributed by atoms with Crippen molar-refractivity contribution in [1.29, 1.82) is 0 Å². The van der Waals surface area contributed by atoms with Crippen molar-refractivity contribution in [3.8, 4) is 0 Å². The van der Waals surface area contributed by atoms with E-state index in [1.807, 2.05) is 24.3 Å². The van der Waals surface area contributed by atoms with Gasteiger partial charge in [-0.05, 0) is 67.8 Å². The fourth-order valence-electron chi connectivity index (χ4n) is 3.95. The van der Waals surface area contributed by atoms with Crippen LogP contribution in [0.2, 0.25) is 0 Å². The number of amides is 2. The minimum Gasteiger partial charge on any atom is -0.322 e. The standard InChI is InChI=1S/C29H24N4O6/c1-18-3-9-22(16-26(18)32(36)37)28(34)30-24-11-5-20(6-12-24)15-21-7-13-25(14-8-21)31-29(35)23-10-4-19(2)27(17-23)33(38)39/h3-14,16-17H,15H2,1-2H3,(H,30,34)(H,31,35). The van der Waals surface area contributed by atoms with E-state index in [2.05, 4.69) is 10.6 Å². The first-order valence-electron chi connectivity index (χ1n) is 11.9. The molecule has 0 spiro atoms. The average Bonchev–Trinajstić information content (AvgIpc) is 2.91. The first-order valence-corrected chi connectivity index (χ1v) is 11.9. The topological polar surface area (TPSA) is 144 Å². The third-order valence-electron chi connectivity index (χ3n) is 6.17. The number of nitrogens with zero attached hydrogens (tertiary/aromatic N) is 2. The molecule has 0 saturated carbocycles. The van der Waals surface area contributed by atoms with Crippen LogP contribution in [-0.4, -0.2) is 21.7 Å². The highest BCUT2D eigenvalue weighted by molar-refractivity contribution is 6.05. The van der Waals surface area contributed by atoms with Crippen LogP contribution in [0.15, 0.2) is 84.9 Å². The molecular formula is C29H24N4O6. The van der Waals surface area contributed by atoms with Crippen LogP contribution in [0, 0.1) is 34.1 Å². The van der Waals surface area contributed by atoms with Gasteiger partial charge in [-0.3, -0.25) is 29.8 Å². The minimum atomic E-state index is -0.514. The van der Waals surface area contributed by atoms with Gasteiger partial charge >= 0.3 is 0 Å². The molecule has 2 N–H and O–H groups in total. The number of carbonyl (C=O) groups is 2. The van der Waals surface area contributed by atoms with E-state index < -0.39 is 21.7 Å². The summed E-state index contributed by atoms with van der Waals surface area (Å²) < 4.78 is 0. The molecule has 0 radical (unpaired) electrons. The number of rotatable bonds is 8. The quantitative estimate of drug-likeness (QED) is 0.207. The van der Waals surface area contributed by atoms with Crippen LogP contribution in [0.5, 0.6) is 0 Å². The largest absolute Gasteiger partial charge is 0.322 e. The van der Waals surface area contributed by atoms with Gasteiger partial charge in [-0.2, -0.15) is 0 Å². The van der Waals surface area contributed by atoms with Crippen LogP contribution in [0.1, 0.15) is 43.0 Å². The summed E-state index contributed by atoms with van der Waals surface area (Å²) >= 11 is 0. The Kier molecular flexibility index (Phi) is 7.76. The zero-order valence-electron chi connectivity index (χ0n) is 21.1. The highest BCUT2D eigenvalue weighted by atomic mass is 16.6. The maximum atomic E-state index is 12.5. The van der Waals surface area contributed by atoms with Crippen molar-refractivity contribution in [3.63, 3.8) is 0 Å². The summed E-state index contributed by atoms with van der Waals surface area (Å²) in [7, 11) is 0. The third-order valence-corrected chi connectivity index (χ3v) is 6.17. The Morgan fingerprint density at radius 3 is 1.31 bits per heavy atom. The maximum absolute atomic E-state index is 12.5. The Labute approximate surface area is 223 Å². The lowest BCUT2D eigenvalue weighted by Crippen LogP contribution is -2.12. The molecule has 4 rings (SSSR count). The summed E-state index contributed by atoms with van der Waals surface area (Å²) in [4.78, 5) is 46.3. The van der Waals surface area contributed by atoms with Crippen molar-refractivity contribution in [1.82, 2.24) is 0 Å². The summed E-state index contributed by atoms with van der Waals surface area (Å²) in [5.41, 5.74) is 4.23. The highest BCUT2D eigenvalue weighted by Gasteiger charge is 2.16. The average molecular weight is 525 g/mol. The zero-order valence-corrected chi connectivity index (χ0v) is 21.1. The van der Waals surface area contributed by atoms with E-state index >= 15 is 0 Å². The molecule has 0 saturated heterocycles. The van der Waals surface area contributed by atoms with Crippen LogP contribution >= 0.6 is 0 Å². The van der Waals surface area contributed by atoms with E-state index in [0.717, 1.165) is 11.1 Å². The predicted molar refractivity (Wildman–Crippen MR) is 147 cm³/mol. The van der Waals surface area contributed by atoms with Gasteiger partial charge in [0.1, 0.15) is 0 Å². The molecule has 196 valence electrons. The SMILES string of the molecule is Cc1ccc(C(=O)Nc2ccc(Cc3ccc(NC(=O)c4ccc(C)c([N+](=O)[O-])c4)cc3)cc2)cc1[N+](=O)[O-]. The van der Waals surface area contributed by atoms with Gasteiger partial charge in [-0.25, -0.2) is 0 Å². The molecule has 0 aliphatic carbocycles. The Bertz CT molecular complexity index is 1460. The second-order valence-corrected chi connectivity index (χ2v) is 9.00. The van der Waals surface area contributed by atoms with E-state index in [4.69, 9.17) is 0 Å². The van der Waals surface area contributed by atoms with Crippen molar-refractivity contribution in [3.05, 3.63) is 139 Å². The Hall–Kier alpha value is -5.38. The molecule has 10 nitrogen and oxygen atoms in total. The molecule has 0 aliphatic rings. The van der Waals surface area contributed by atoms with Crippen LogP contribution in [0.3, 0.4) is 0 Å². The van der Waals surface area contributed by atoms with Crippen molar-refractivity contribution >= 4 is 34.6 Å². The number of nitrogens with one attached hydrogen (secondary N) is 2. The first kappa shape index (κ1) is 26.7. The van der Waals surface area contributed by atoms with Gasteiger partial charge in [-0.1, -0.05) is 36.4 Å². The van der Waals surface area contributed by atoms with Gasteiger partial charge in [0, 0.05) is 45.8 Å². The van der Waals surface area contributed by atoms with Gasteiger partial charge in [0.2, 0.25) is 0 Å². The van der Waals surface area contributed by atoms with E-state index in [9.17, 15) is 29.8 Å². The minimum absolute atomic E-state index is 0.109. The molecule has 39 heavy (non-hydrogen) atoms. The summed E-state index contributed by atoms with van der Waals surface area (Å²) in [5, 5.41) is 27.8. The number of anilines is 2. The Morgan fingerprint density at radius 2 is 0.974 bits per heavy atom. The fourth-order valence-corrected chi connectivity index (χ4v) is 3.95. The van der Waals surface area contributed by atoms with E-state index in [-0.39, 0.29) is 22.5 Å². The zero-order chi connectivity index (χ0) is 28.1. The smallest absolute Gasteiger partial charge is 0.273 e. The van der Waals surface area contributed by atoms with Crippen molar-refractivity contribution in [2.75, 3.05) is 10.6 Å². The normalized spacial score (nSPS) is 10.5.